The van der Waals surface area contributed by atoms with E-state index in [1.165, 1.54) is 0 Å². The zero-order chi connectivity index (χ0) is 13.0. The molecule has 0 unspecified atom stereocenters. The van der Waals surface area contributed by atoms with E-state index in [-0.39, 0.29) is 5.78 Å². The Morgan fingerprint density at radius 3 is 2.78 bits per heavy atom. The third-order valence-electron chi connectivity index (χ3n) is 2.56. The molecule has 2 aromatic rings. The third kappa shape index (κ3) is 2.54. The number of nitrogens with zero attached hydrogens (tertiary/aromatic N) is 1. The molecule has 92 valence electrons. The minimum atomic E-state index is -0.0358. The van der Waals surface area contributed by atoms with Crippen molar-refractivity contribution >= 4 is 17.5 Å². The van der Waals surface area contributed by atoms with Crippen LogP contribution in [0.1, 0.15) is 15.9 Å². The number of aromatic nitrogens is 1. The highest BCUT2D eigenvalue weighted by Crippen LogP contribution is 2.23. The monoisotopic (exact) mass is 259 g/mol. The van der Waals surface area contributed by atoms with Crippen LogP contribution in [0, 0.1) is 0 Å². The number of hydrogen-bond acceptors (Lipinski definition) is 4. The normalized spacial score (nSPS) is 10.1. The van der Waals surface area contributed by atoms with Gasteiger partial charge in [0.15, 0.2) is 5.78 Å². The second kappa shape index (κ2) is 5.69. The van der Waals surface area contributed by atoms with E-state index >= 15 is 0 Å². The molecule has 0 fully saturated rings. The molecule has 0 aliphatic heterocycles. The first-order valence-corrected chi connectivity index (χ1v) is 6.65. The molecule has 1 aromatic carbocycles. The molecule has 0 saturated carbocycles. The summed E-state index contributed by atoms with van der Waals surface area (Å²) in [6.07, 6.45) is 5.09. The van der Waals surface area contributed by atoms with E-state index in [1.54, 1.807) is 37.3 Å². The lowest BCUT2D eigenvalue weighted by Crippen LogP contribution is -2.03. The maximum atomic E-state index is 12.4. The molecule has 0 saturated heterocycles. The number of hydrogen-bond donors (Lipinski definition) is 0. The second-order valence-corrected chi connectivity index (χ2v) is 4.49. The van der Waals surface area contributed by atoms with E-state index in [0.717, 1.165) is 4.90 Å². The van der Waals surface area contributed by atoms with Crippen molar-refractivity contribution in [3.8, 4) is 5.75 Å². The van der Waals surface area contributed by atoms with Crippen molar-refractivity contribution in [3.05, 3.63) is 53.9 Å². The van der Waals surface area contributed by atoms with E-state index in [9.17, 15) is 4.79 Å². The smallest absolute Gasteiger partial charge is 0.195 e. The van der Waals surface area contributed by atoms with E-state index in [2.05, 4.69) is 4.98 Å². The third-order valence-corrected chi connectivity index (χ3v) is 3.36. The summed E-state index contributed by atoms with van der Waals surface area (Å²) in [6.45, 7) is 0. The summed E-state index contributed by atoms with van der Waals surface area (Å²) in [5.74, 6) is 0.550. The summed E-state index contributed by atoms with van der Waals surface area (Å²) >= 11 is 1.56. The standard InChI is InChI=1S/C14H13NO2S/c1-17-11-7-10(8-15-9-11)14(16)12-5-3-4-6-13(12)18-2/h3-9H,1-2H3. The van der Waals surface area contributed by atoms with Crippen molar-refractivity contribution in [3.63, 3.8) is 0 Å². The second-order valence-electron chi connectivity index (χ2n) is 3.64. The van der Waals surface area contributed by atoms with Gasteiger partial charge < -0.3 is 4.74 Å². The summed E-state index contributed by atoms with van der Waals surface area (Å²) < 4.78 is 5.08. The van der Waals surface area contributed by atoms with Crippen LogP contribution >= 0.6 is 11.8 Å². The number of carbonyl (C=O) groups excluding carboxylic acids is 1. The molecule has 0 spiro atoms. The lowest BCUT2D eigenvalue weighted by molar-refractivity contribution is 0.103. The lowest BCUT2D eigenvalue weighted by Gasteiger charge is -2.07. The van der Waals surface area contributed by atoms with Crippen LogP contribution in [-0.2, 0) is 0 Å². The zero-order valence-corrected chi connectivity index (χ0v) is 11.0. The maximum Gasteiger partial charge on any atom is 0.195 e. The quantitative estimate of drug-likeness (QED) is 0.625. The number of methoxy groups -OCH3 is 1. The first kappa shape index (κ1) is 12.6. The predicted octanol–water partition coefficient (Wildman–Crippen LogP) is 3.04. The van der Waals surface area contributed by atoms with Gasteiger partial charge in [-0.25, -0.2) is 0 Å². The molecule has 0 atom stereocenters. The van der Waals surface area contributed by atoms with Crippen molar-refractivity contribution < 1.29 is 9.53 Å². The fourth-order valence-corrected chi connectivity index (χ4v) is 2.24. The molecule has 0 bridgehead atoms. The van der Waals surface area contributed by atoms with Crippen molar-refractivity contribution in [2.24, 2.45) is 0 Å². The molecule has 1 aromatic heterocycles. The lowest BCUT2D eigenvalue weighted by atomic mass is 10.1. The zero-order valence-electron chi connectivity index (χ0n) is 10.2. The molecule has 0 aliphatic rings. The van der Waals surface area contributed by atoms with Crippen molar-refractivity contribution in [1.29, 1.82) is 0 Å². The van der Waals surface area contributed by atoms with Crippen LogP contribution in [0.15, 0.2) is 47.6 Å². The van der Waals surface area contributed by atoms with Gasteiger partial charge in [-0.05, 0) is 24.5 Å². The summed E-state index contributed by atoms with van der Waals surface area (Å²) in [6, 6.07) is 9.25. The highest BCUT2D eigenvalue weighted by atomic mass is 32.2. The number of pyridine rings is 1. The summed E-state index contributed by atoms with van der Waals surface area (Å²) in [4.78, 5) is 17.4. The highest BCUT2D eigenvalue weighted by molar-refractivity contribution is 7.98. The first-order chi connectivity index (χ1) is 8.76. The van der Waals surface area contributed by atoms with Gasteiger partial charge in [-0.3, -0.25) is 9.78 Å². The molecule has 0 amide bonds. The van der Waals surface area contributed by atoms with Gasteiger partial charge in [0.1, 0.15) is 5.75 Å². The molecule has 0 N–H and O–H groups in total. The van der Waals surface area contributed by atoms with E-state index < -0.39 is 0 Å². The van der Waals surface area contributed by atoms with Crippen molar-refractivity contribution in [1.82, 2.24) is 4.98 Å². The molecule has 3 nitrogen and oxygen atoms in total. The minimum Gasteiger partial charge on any atom is -0.495 e. The average Bonchev–Trinajstić information content (AvgIpc) is 2.46. The van der Waals surface area contributed by atoms with Crippen LogP contribution in [-0.4, -0.2) is 24.1 Å². The van der Waals surface area contributed by atoms with Gasteiger partial charge in [-0.2, -0.15) is 0 Å². The van der Waals surface area contributed by atoms with Crippen LogP contribution in [0.25, 0.3) is 0 Å². The van der Waals surface area contributed by atoms with Crippen LogP contribution in [0.2, 0.25) is 0 Å². The Balaban J connectivity index is 2.41. The van der Waals surface area contributed by atoms with Gasteiger partial charge in [-0.15, -0.1) is 11.8 Å². The number of benzene rings is 1. The van der Waals surface area contributed by atoms with Crippen molar-refractivity contribution in [2.45, 2.75) is 4.90 Å². The Hall–Kier alpha value is -1.81. The number of ketones is 1. The summed E-state index contributed by atoms with van der Waals surface area (Å²) in [7, 11) is 1.56. The minimum absolute atomic E-state index is 0.0358. The van der Waals surface area contributed by atoms with E-state index in [0.29, 0.717) is 16.9 Å². The van der Waals surface area contributed by atoms with Crippen LogP contribution in [0.5, 0.6) is 5.75 Å². The summed E-state index contributed by atoms with van der Waals surface area (Å²) in [5, 5.41) is 0. The number of carbonyl (C=O) groups is 1. The van der Waals surface area contributed by atoms with Gasteiger partial charge in [0, 0.05) is 22.2 Å². The average molecular weight is 259 g/mol. The molecule has 0 radical (unpaired) electrons. The molecular formula is C14H13NO2S. The largest absolute Gasteiger partial charge is 0.495 e. The Bertz CT molecular complexity index is 569. The van der Waals surface area contributed by atoms with Crippen LogP contribution < -0.4 is 4.74 Å². The molecule has 0 aliphatic carbocycles. The van der Waals surface area contributed by atoms with E-state index in [1.807, 2.05) is 30.5 Å². The molecule has 4 heteroatoms. The fourth-order valence-electron chi connectivity index (χ4n) is 1.64. The molecule has 1 heterocycles. The maximum absolute atomic E-state index is 12.4. The number of rotatable bonds is 4. The summed E-state index contributed by atoms with van der Waals surface area (Å²) in [5.41, 5.74) is 1.23. The predicted molar refractivity (Wildman–Crippen MR) is 72.4 cm³/mol. The Morgan fingerprint density at radius 2 is 2.06 bits per heavy atom. The van der Waals surface area contributed by atoms with Crippen LogP contribution in [0.3, 0.4) is 0 Å². The first-order valence-electron chi connectivity index (χ1n) is 5.43. The van der Waals surface area contributed by atoms with Gasteiger partial charge in [-0.1, -0.05) is 12.1 Å². The Kier molecular flexibility index (Phi) is 3.99. The molecule has 18 heavy (non-hydrogen) atoms. The van der Waals surface area contributed by atoms with E-state index in [4.69, 9.17) is 4.74 Å². The van der Waals surface area contributed by atoms with Crippen LogP contribution in [0.4, 0.5) is 0 Å². The van der Waals surface area contributed by atoms with Gasteiger partial charge >= 0.3 is 0 Å². The van der Waals surface area contributed by atoms with Gasteiger partial charge in [0.2, 0.25) is 0 Å². The topological polar surface area (TPSA) is 39.2 Å². The van der Waals surface area contributed by atoms with Gasteiger partial charge in [0.05, 0.1) is 13.3 Å². The number of thioether (sulfide) groups is 1. The van der Waals surface area contributed by atoms with Gasteiger partial charge in [0.25, 0.3) is 0 Å². The molecule has 2 rings (SSSR count). The van der Waals surface area contributed by atoms with Crippen molar-refractivity contribution in [2.75, 3.05) is 13.4 Å². The number of ether oxygens (including phenoxy) is 1. The SMILES string of the molecule is COc1cncc(C(=O)c2ccccc2SC)c1. The highest BCUT2D eigenvalue weighted by Gasteiger charge is 2.13. The molecular weight excluding hydrogens is 246 g/mol. The fraction of sp³-hybridized carbons (Fsp3) is 0.143. The Morgan fingerprint density at radius 1 is 1.28 bits per heavy atom. The Labute approximate surface area is 110 Å².